The van der Waals surface area contributed by atoms with Gasteiger partial charge >= 0.3 is 0 Å². The predicted molar refractivity (Wildman–Crippen MR) is 119 cm³/mol. The third-order valence-electron chi connectivity index (χ3n) is 5.49. The van der Waals surface area contributed by atoms with E-state index in [1.165, 1.54) is 0 Å². The molecule has 0 unspecified atom stereocenters. The molecule has 1 aliphatic rings. The lowest BCUT2D eigenvalue weighted by atomic mass is 9.97. The largest absolute Gasteiger partial charge is 0.434 e. The summed E-state index contributed by atoms with van der Waals surface area (Å²) in [5, 5.41) is 6.33. The third kappa shape index (κ3) is 3.97. The van der Waals surface area contributed by atoms with E-state index in [0.29, 0.717) is 28.5 Å². The highest BCUT2D eigenvalue weighted by molar-refractivity contribution is 5.93. The zero-order valence-electron chi connectivity index (χ0n) is 16.8. The summed E-state index contributed by atoms with van der Waals surface area (Å²) in [6.45, 7) is 1.76. The number of nitrogen functional groups attached to an aromatic ring is 1. The Morgan fingerprint density at radius 1 is 1.10 bits per heavy atom. The molecule has 1 aliphatic heterocycles. The topological polar surface area (TPSA) is 119 Å². The van der Waals surface area contributed by atoms with Crippen molar-refractivity contribution in [2.45, 2.75) is 12.8 Å². The Hall–Kier alpha value is -3.78. The molecule has 156 valence electrons. The van der Waals surface area contributed by atoms with E-state index in [4.69, 9.17) is 10.2 Å². The number of nitrogens with two attached hydrogens (primary N) is 1. The Morgan fingerprint density at radius 2 is 1.97 bits per heavy atom. The summed E-state index contributed by atoms with van der Waals surface area (Å²) >= 11 is 0. The normalized spacial score (nSPS) is 14.6. The number of benzene rings is 1. The predicted octanol–water partition coefficient (Wildman–Crippen LogP) is 3.47. The molecule has 0 radical (unpaired) electrons. The van der Waals surface area contributed by atoms with Gasteiger partial charge in [0.05, 0.1) is 5.56 Å². The number of rotatable bonds is 4. The van der Waals surface area contributed by atoms with Gasteiger partial charge in [0.25, 0.3) is 0 Å². The van der Waals surface area contributed by atoms with E-state index < -0.39 is 0 Å². The van der Waals surface area contributed by atoms with Crippen molar-refractivity contribution in [2.24, 2.45) is 5.92 Å². The molecule has 1 aromatic carbocycles. The average Bonchev–Trinajstić information content (AvgIpc) is 3.24. The zero-order valence-corrected chi connectivity index (χ0v) is 16.8. The maximum absolute atomic E-state index is 12.6. The summed E-state index contributed by atoms with van der Waals surface area (Å²) < 4.78 is 5.81. The Balaban J connectivity index is 1.43. The van der Waals surface area contributed by atoms with Gasteiger partial charge in [-0.1, -0.05) is 12.1 Å². The first-order valence-corrected chi connectivity index (χ1v) is 10.3. The number of carbonyl (C=O) groups is 1. The molecule has 0 atom stereocenters. The highest BCUT2D eigenvalue weighted by atomic mass is 16.3. The Labute approximate surface area is 178 Å². The van der Waals surface area contributed by atoms with Crippen molar-refractivity contribution < 1.29 is 9.21 Å². The van der Waals surface area contributed by atoms with Crippen molar-refractivity contribution in [2.75, 3.05) is 24.1 Å². The van der Waals surface area contributed by atoms with Gasteiger partial charge in [-0.05, 0) is 61.8 Å². The van der Waals surface area contributed by atoms with Gasteiger partial charge < -0.3 is 20.8 Å². The van der Waals surface area contributed by atoms with Crippen molar-refractivity contribution in [3.05, 3.63) is 54.9 Å². The van der Waals surface area contributed by atoms with Crippen LogP contribution in [0.1, 0.15) is 12.8 Å². The van der Waals surface area contributed by atoms with Gasteiger partial charge in [0.15, 0.2) is 11.2 Å². The van der Waals surface area contributed by atoms with E-state index in [-0.39, 0.29) is 11.8 Å². The van der Waals surface area contributed by atoms with Crippen LogP contribution in [0.4, 0.5) is 11.5 Å². The molecule has 4 heterocycles. The van der Waals surface area contributed by atoms with E-state index in [1.807, 2.05) is 30.3 Å². The summed E-state index contributed by atoms with van der Waals surface area (Å²) in [5.74, 6) is 0.804. The second-order valence-electron chi connectivity index (χ2n) is 7.60. The van der Waals surface area contributed by atoms with Crippen LogP contribution in [0.3, 0.4) is 0 Å². The fraction of sp³-hybridized carbons (Fsp3) is 0.217. The van der Waals surface area contributed by atoms with Crippen molar-refractivity contribution in [1.82, 2.24) is 20.3 Å². The maximum atomic E-state index is 12.6. The number of fused-ring (bicyclic) bond motifs is 1. The van der Waals surface area contributed by atoms with Crippen molar-refractivity contribution in [3.63, 3.8) is 0 Å². The number of aromatic nitrogens is 3. The van der Waals surface area contributed by atoms with Crippen molar-refractivity contribution in [1.29, 1.82) is 0 Å². The van der Waals surface area contributed by atoms with E-state index >= 15 is 0 Å². The van der Waals surface area contributed by atoms with Crippen LogP contribution in [0.2, 0.25) is 0 Å². The number of pyridine rings is 2. The summed E-state index contributed by atoms with van der Waals surface area (Å²) in [6, 6.07) is 13.2. The number of piperidine rings is 1. The molecular weight excluding hydrogens is 392 g/mol. The number of hydrogen-bond acceptors (Lipinski definition) is 7. The lowest BCUT2D eigenvalue weighted by Crippen LogP contribution is -2.34. The molecule has 5 rings (SSSR count). The summed E-state index contributed by atoms with van der Waals surface area (Å²) in [4.78, 5) is 25.6. The highest BCUT2D eigenvalue weighted by Crippen LogP contribution is 2.31. The molecule has 1 saturated heterocycles. The van der Waals surface area contributed by atoms with Gasteiger partial charge in [-0.2, -0.15) is 4.98 Å². The second-order valence-corrected chi connectivity index (χ2v) is 7.60. The first-order valence-electron chi connectivity index (χ1n) is 10.3. The standard InChI is InChI=1S/C23H22N6O2/c24-20-18(23-29-21-19(31-23)5-2-8-26-21)12-16(13-27-20)15-3-1-4-17(11-15)28-22(30)14-6-9-25-10-7-14/h1-5,8,11-14,25H,6-7,9-10H2,(H2,24,27)(H,28,30). The number of carbonyl (C=O) groups excluding carboxylic acids is 1. The van der Waals surface area contributed by atoms with Crippen LogP contribution in [0, 0.1) is 5.92 Å². The third-order valence-corrected chi connectivity index (χ3v) is 5.49. The van der Waals surface area contributed by atoms with Crippen LogP contribution in [-0.2, 0) is 4.79 Å². The molecule has 31 heavy (non-hydrogen) atoms. The smallest absolute Gasteiger partial charge is 0.232 e. The molecule has 4 N–H and O–H groups in total. The van der Waals surface area contributed by atoms with E-state index in [9.17, 15) is 4.79 Å². The van der Waals surface area contributed by atoms with Crippen LogP contribution < -0.4 is 16.4 Å². The molecular formula is C23H22N6O2. The van der Waals surface area contributed by atoms with Crippen molar-refractivity contribution in [3.8, 4) is 22.6 Å². The number of oxazole rings is 1. The second kappa shape index (κ2) is 8.16. The van der Waals surface area contributed by atoms with Gasteiger partial charge in [-0.3, -0.25) is 4.79 Å². The van der Waals surface area contributed by atoms with E-state index in [1.54, 1.807) is 24.5 Å². The van der Waals surface area contributed by atoms with Crippen LogP contribution in [0.15, 0.2) is 59.3 Å². The lowest BCUT2D eigenvalue weighted by molar-refractivity contribution is -0.120. The number of nitrogens with zero attached hydrogens (tertiary/aromatic N) is 3. The number of nitrogens with one attached hydrogen (secondary N) is 2. The SMILES string of the molecule is Nc1ncc(-c2cccc(NC(=O)C3CCNCC3)c2)cc1-c1nc2ncccc2o1. The molecule has 8 heteroatoms. The molecule has 4 aromatic rings. The summed E-state index contributed by atoms with van der Waals surface area (Å²) in [5.41, 5.74) is 10.3. The maximum Gasteiger partial charge on any atom is 0.232 e. The fourth-order valence-electron chi connectivity index (χ4n) is 3.79. The molecule has 0 aliphatic carbocycles. The molecule has 1 fully saturated rings. The van der Waals surface area contributed by atoms with Crippen LogP contribution in [-0.4, -0.2) is 33.9 Å². The van der Waals surface area contributed by atoms with E-state index in [2.05, 4.69) is 25.6 Å². The quantitative estimate of drug-likeness (QED) is 0.468. The number of hydrogen-bond donors (Lipinski definition) is 3. The van der Waals surface area contributed by atoms with Gasteiger partial charge in [-0.15, -0.1) is 0 Å². The minimum Gasteiger partial charge on any atom is -0.434 e. The molecule has 0 saturated carbocycles. The minimum atomic E-state index is 0.0440. The monoisotopic (exact) mass is 414 g/mol. The minimum absolute atomic E-state index is 0.0440. The fourth-order valence-corrected chi connectivity index (χ4v) is 3.79. The summed E-state index contributed by atoms with van der Waals surface area (Å²) in [6.07, 6.45) is 5.08. The van der Waals surface area contributed by atoms with Crippen molar-refractivity contribution >= 4 is 28.6 Å². The first-order chi connectivity index (χ1) is 15.2. The van der Waals surface area contributed by atoms with E-state index in [0.717, 1.165) is 42.7 Å². The number of amides is 1. The molecule has 0 spiro atoms. The van der Waals surface area contributed by atoms with Gasteiger partial charge in [0.2, 0.25) is 11.8 Å². The zero-order chi connectivity index (χ0) is 21.2. The summed E-state index contributed by atoms with van der Waals surface area (Å²) in [7, 11) is 0. The first kappa shape index (κ1) is 19.2. The Bertz CT molecular complexity index is 1210. The molecule has 1 amide bonds. The number of anilines is 2. The van der Waals surface area contributed by atoms with Crippen LogP contribution in [0.25, 0.3) is 33.8 Å². The lowest BCUT2D eigenvalue weighted by Gasteiger charge is -2.21. The highest BCUT2D eigenvalue weighted by Gasteiger charge is 2.21. The van der Waals surface area contributed by atoms with Gasteiger partial charge in [-0.25, -0.2) is 9.97 Å². The van der Waals surface area contributed by atoms with Crippen LogP contribution in [0.5, 0.6) is 0 Å². The molecule has 3 aromatic heterocycles. The Kier molecular flexibility index (Phi) is 5.05. The molecule has 8 nitrogen and oxygen atoms in total. The average molecular weight is 414 g/mol. The van der Waals surface area contributed by atoms with Crippen LogP contribution >= 0.6 is 0 Å². The van der Waals surface area contributed by atoms with Gasteiger partial charge in [0, 0.05) is 29.6 Å². The Morgan fingerprint density at radius 3 is 2.81 bits per heavy atom. The van der Waals surface area contributed by atoms with Gasteiger partial charge in [0.1, 0.15) is 5.82 Å². The molecule has 0 bridgehead atoms.